The second-order valence-electron chi connectivity index (χ2n) is 2.05. The van der Waals surface area contributed by atoms with Crippen LogP contribution in [0.3, 0.4) is 0 Å². The summed E-state index contributed by atoms with van der Waals surface area (Å²) in [5.74, 6) is -0.671. The average molecular weight is 148 g/mol. The number of rotatable bonds is 1. The van der Waals surface area contributed by atoms with Gasteiger partial charge in [0.05, 0.1) is 6.61 Å². The maximum absolute atomic E-state index is 10.7. The summed E-state index contributed by atoms with van der Waals surface area (Å²) in [6, 6.07) is 0. The van der Waals surface area contributed by atoms with E-state index in [1.807, 2.05) is 0 Å². The predicted molar refractivity (Wildman–Crippen MR) is 29.0 cm³/mol. The molecule has 0 spiro atoms. The van der Waals surface area contributed by atoms with Crippen LogP contribution in [0.1, 0.15) is 0 Å². The molecule has 3 N–H and O–H groups in total. The molecule has 0 amide bonds. The minimum atomic E-state index is -1.50. The van der Waals surface area contributed by atoms with Gasteiger partial charge >= 0.3 is 0 Å². The van der Waals surface area contributed by atoms with Gasteiger partial charge in [-0.3, -0.25) is 4.79 Å². The van der Waals surface area contributed by atoms with Crippen LogP contribution in [0, 0.1) is 0 Å². The molecule has 1 heterocycles. The van der Waals surface area contributed by atoms with Crippen molar-refractivity contribution in [3.63, 3.8) is 0 Å². The number of ketones is 1. The summed E-state index contributed by atoms with van der Waals surface area (Å²) in [6.45, 7) is -0.507. The van der Waals surface area contributed by atoms with Gasteiger partial charge in [0.15, 0.2) is 18.2 Å². The fraction of sp³-hybridized carbons (Fsp3) is 0.800. The van der Waals surface area contributed by atoms with Crippen LogP contribution in [0.2, 0.25) is 0 Å². The first-order chi connectivity index (χ1) is 4.66. The molecule has 0 saturated carbocycles. The number of Topliss-reactive ketones (excluding diaryl/α,β-unsaturated/α-hetero) is 1. The first kappa shape index (κ1) is 7.62. The highest BCUT2D eigenvalue weighted by molar-refractivity contribution is 5.89. The largest absolute Gasteiger partial charge is 0.393 e. The summed E-state index contributed by atoms with van der Waals surface area (Å²) in [6.07, 6.45) is -4.05. The highest BCUT2D eigenvalue weighted by atomic mass is 16.6. The summed E-state index contributed by atoms with van der Waals surface area (Å²) in [5, 5.41) is 25.8. The number of carbonyl (C=O) groups is 1. The molecule has 0 aromatic carbocycles. The van der Waals surface area contributed by atoms with Crippen LogP contribution in [-0.2, 0) is 9.53 Å². The zero-order valence-corrected chi connectivity index (χ0v) is 5.10. The minimum absolute atomic E-state index is 0.507. The molecule has 5 heteroatoms. The van der Waals surface area contributed by atoms with E-state index in [4.69, 9.17) is 15.3 Å². The minimum Gasteiger partial charge on any atom is -0.393 e. The number of hydrogen-bond donors (Lipinski definition) is 3. The number of ether oxygens (including phenoxy) is 1. The van der Waals surface area contributed by atoms with Crippen molar-refractivity contribution in [2.45, 2.75) is 18.5 Å². The van der Waals surface area contributed by atoms with Crippen molar-refractivity contribution < 1.29 is 24.9 Å². The van der Waals surface area contributed by atoms with E-state index >= 15 is 0 Å². The maximum Gasteiger partial charge on any atom is 0.197 e. The number of hydrogen-bond acceptors (Lipinski definition) is 5. The van der Waals surface area contributed by atoms with Crippen molar-refractivity contribution in [1.29, 1.82) is 0 Å². The van der Waals surface area contributed by atoms with Gasteiger partial charge in [-0.05, 0) is 0 Å². The second kappa shape index (κ2) is 2.63. The van der Waals surface area contributed by atoms with E-state index in [9.17, 15) is 4.79 Å². The Morgan fingerprint density at radius 2 is 2.10 bits per heavy atom. The lowest BCUT2D eigenvalue weighted by atomic mass is 10.2. The molecule has 5 nitrogen and oxygen atoms in total. The summed E-state index contributed by atoms with van der Waals surface area (Å²) in [7, 11) is 0. The molecule has 1 aliphatic rings. The molecule has 0 aliphatic carbocycles. The Kier molecular flexibility index (Phi) is 2.00. The number of carbonyl (C=O) groups excluding carboxylic acids is 1. The molecule has 10 heavy (non-hydrogen) atoms. The zero-order chi connectivity index (χ0) is 7.72. The Bertz CT molecular complexity index is 145. The first-order valence-electron chi connectivity index (χ1n) is 2.83. The van der Waals surface area contributed by atoms with E-state index in [1.54, 1.807) is 0 Å². The Morgan fingerprint density at radius 3 is 2.30 bits per heavy atom. The van der Waals surface area contributed by atoms with E-state index in [-0.39, 0.29) is 0 Å². The van der Waals surface area contributed by atoms with Gasteiger partial charge in [0.25, 0.3) is 0 Å². The molecule has 0 aromatic rings. The highest BCUT2D eigenvalue weighted by Crippen LogP contribution is 2.13. The van der Waals surface area contributed by atoms with Crippen LogP contribution in [0.5, 0.6) is 0 Å². The van der Waals surface area contributed by atoms with Crippen LogP contribution in [0.25, 0.3) is 0 Å². The van der Waals surface area contributed by atoms with Gasteiger partial charge in [-0.1, -0.05) is 0 Å². The fourth-order valence-electron chi connectivity index (χ4n) is 0.774. The topological polar surface area (TPSA) is 87.0 Å². The molecule has 0 radical (unpaired) electrons. The molecule has 1 fully saturated rings. The Balaban J connectivity index is 2.62. The molecule has 1 saturated heterocycles. The Hall–Kier alpha value is -0.490. The van der Waals surface area contributed by atoms with Gasteiger partial charge in [0, 0.05) is 0 Å². The third-order valence-corrected chi connectivity index (χ3v) is 1.35. The standard InChI is InChI=1S/C5H8O5/c6-1-2-3(7)4(8)5(9)10-2/h2,4-6,8-9H,1H2/t2-,4+,5?/m1/s1. The van der Waals surface area contributed by atoms with Crippen molar-refractivity contribution in [3.8, 4) is 0 Å². The monoisotopic (exact) mass is 148 g/mol. The van der Waals surface area contributed by atoms with Crippen molar-refractivity contribution in [1.82, 2.24) is 0 Å². The molecule has 1 unspecified atom stereocenters. The highest BCUT2D eigenvalue weighted by Gasteiger charge is 2.40. The van der Waals surface area contributed by atoms with Crippen molar-refractivity contribution in [2.75, 3.05) is 6.61 Å². The summed E-state index contributed by atoms with van der Waals surface area (Å²) >= 11 is 0. The average Bonchev–Trinajstić information content (AvgIpc) is 2.17. The quantitative estimate of drug-likeness (QED) is 0.386. The van der Waals surface area contributed by atoms with Gasteiger partial charge < -0.3 is 20.1 Å². The number of aliphatic hydroxyl groups excluding tert-OH is 3. The van der Waals surface area contributed by atoms with Gasteiger partial charge in [0.2, 0.25) is 0 Å². The van der Waals surface area contributed by atoms with E-state index in [1.165, 1.54) is 0 Å². The van der Waals surface area contributed by atoms with Gasteiger partial charge in [-0.15, -0.1) is 0 Å². The molecule has 1 aliphatic heterocycles. The molecule has 0 bridgehead atoms. The third kappa shape index (κ3) is 1.04. The maximum atomic E-state index is 10.7. The molecular weight excluding hydrogens is 140 g/mol. The van der Waals surface area contributed by atoms with E-state index in [0.717, 1.165) is 0 Å². The van der Waals surface area contributed by atoms with Crippen molar-refractivity contribution >= 4 is 5.78 Å². The van der Waals surface area contributed by atoms with Gasteiger partial charge in [-0.2, -0.15) is 0 Å². The lowest BCUT2D eigenvalue weighted by Crippen LogP contribution is -2.28. The first-order valence-corrected chi connectivity index (χ1v) is 2.83. The smallest absolute Gasteiger partial charge is 0.197 e. The van der Waals surface area contributed by atoms with Crippen molar-refractivity contribution in [2.24, 2.45) is 0 Å². The number of aliphatic hydroxyl groups is 3. The second-order valence-corrected chi connectivity index (χ2v) is 2.05. The Labute approximate surface area is 56.9 Å². The fourth-order valence-corrected chi connectivity index (χ4v) is 0.774. The Morgan fingerprint density at radius 1 is 1.50 bits per heavy atom. The lowest BCUT2D eigenvalue weighted by molar-refractivity contribution is -0.132. The van der Waals surface area contributed by atoms with E-state index < -0.39 is 30.9 Å². The van der Waals surface area contributed by atoms with Crippen LogP contribution in [0.4, 0.5) is 0 Å². The molecular formula is C5H8O5. The molecule has 3 atom stereocenters. The van der Waals surface area contributed by atoms with Gasteiger partial charge in [0.1, 0.15) is 6.10 Å². The summed E-state index contributed by atoms with van der Waals surface area (Å²) < 4.78 is 4.44. The zero-order valence-electron chi connectivity index (χ0n) is 5.10. The molecule has 58 valence electrons. The molecule has 0 aromatic heterocycles. The van der Waals surface area contributed by atoms with Gasteiger partial charge in [-0.25, -0.2) is 0 Å². The normalized spacial score (nSPS) is 40.7. The summed E-state index contributed by atoms with van der Waals surface area (Å²) in [4.78, 5) is 10.7. The SMILES string of the molecule is O=C1[C@@H](CO)OC(O)[C@H]1O. The van der Waals surface area contributed by atoms with E-state index in [0.29, 0.717) is 0 Å². The molecule has 1 rings (SSSR count). The van der Waals surface area contributed by atoms with Crippen LogP contribution >= 0.6 is 0 Å². The third-order valence-electron chi connectivity index (χ3n) is 1.35. The van der Waals surface area contributed by atoms with Crippen LogP contribution in [-0.4, -0.2) is 46.2 Å². The summed E-state index contributed by atoms with van der Waals surface area (Å²) in [5.41, 5.74) is 0. The van der Waals surface area contributed by atoms with E-state index in [2.05, 4.69) is 4.74 Å². The van der Waals surface area contributed by atoms with Crippen LogP contribution < -0.4 is 0 Å². The lowest BCUT2D eigenvalue weighted by Gasteiger charge is -2.02. The predicted octanol–water partition coefficient (Wildman–Crippen LogP) is -2.37. The van der Waals surface area contributed by atoms with Crippen molar-refractivity contribution in [3.05, 3.63) is 0 Å². The van der Waals surface area contributed by atoms with Crippen LogP contribution in [0.15, 0.2) is 0 Å².